The van der Waals surface area contributed by atoms with Gasteiger partial charge in [-0.05, 0) is 37.3 Å². The predicted molar refractivity (Wildman–Crippen MR) is 77.9 cm³/mol. The Morgan fingerprint density at radius 2 is 1.90 bits per heavy atom. The molecule has 1 aromatic heterocycles. The lowest BCUT2D eigenvalue weighted by Crippen LogP contribution is -2.11. The molecule has 3 rings (SSSR count). The first kappa shape index (κ1) is 13.8. The van der Waals surface area contributed by atoms with E-state index in [1.807, 2.05) is 0 Å². The number of hydrogen-bond acceptors (Lipinski definition) is 2. The first-order valence-electron chi connectivity index (χ1n) is 6.62. The number of benzene rings is 1. The smallest absolute Gasteiger partial charge is 0.145 e. The van der Waals surface area contributed by atoms with E-state index in [9.17, 15) is 4.39 Å². The van der Waals surface area contributed by atoms with Crippen LogP contribution in [0.25, 0.3) is 0 Å². The molecule has 2 aromatic rings. The SMILES string of the molecule is Fc1c(Cl)cccc1Cc1nc(Cl)c2c(n1)CCCC2. The van der Waals surface area contributed by atoms with Crippen molar-refractivity contribution < 1.29 is 4.39 Å². The summed E-state index contributed by atoms with van der Waals surface area (Å²) in [6.45, 7) is 0. The molecule has 2 nitrogen and oxygen atoms in total. The van der Waals surface area contributed by atoms with Gasteiger partial charge in [-0.25, -0.2) is 14.4 Å². The van der Waals surface area contributed by atoms with Crippen molar-refractivity contribution in [3.63, 3.8) is 0 Å². The van der Waals surface area contributed by atoms with E-state index in [0.717, 1.165) is 36.9 Å². The van der Waals surface area contributed by atoms with Gasteiger partial charge in [0.05, 0.1) is 5.02 Å². The Kier molecular flexibility index (Phi) is 3.90. The second kappa shape index (κ2) is 5.66. The number of aromatic nitrogens is 2. The van der Waals surface area contributed by atoms with E-state index in [4.69, 9.17) is 23.2 Å². The number of fused-ring (bicyclic) bond motifs is 1. The summed E-state index contributed by atoms with van der Waals surface area (Å²) in [7, 11) is 0. The van der Waals surface area contributed by atoms with Crippen molar-refractivity contribution in [2.75, 3.05) is 0 Å². The third-order valence-corrected chi connectivity index (χ3v) is 4.16. The molecule has 0 bridgehead atoms. The predicted octanol–water partition coefficient (Wildman–Crippen LogP) is 4.39. The zero-order chi connectivity index (χ0) is 14.1. The molecule has 1 aliphatic rings. The molecule has 1 aliphatic carbocycles. The molecule has 5 heteroatoms. The number of nitrogens with zero attached hydrogens (tertiary/aromatic N) is 2. The van der Waals surface area contributed by atoms with Crippen molar-refractivity contribution in [3.05, 3.63) is 56.8 Å². The van der Waals surface area contributed by atoms with Gasteiger partial charge in [0.15, 0.2) is 0 Å². The highest BCUT2D eigenvalue weighted by molar-refractivity contribution is 6.30. The highest BCUT2D eigenvalue weighted by Gasteiger charge is 2.17. The number of rotatable bonds is 2. The molecule has 0 N–H and O–H groups in total. The summed E-state index contributed by atoms with van der Waals surface area (Å²) in [4.78, 5) is 8.83. The maximum atomic E-state index is 13.9. The quantitative estimate of drug-likeness (QED) is 0.769. The lowest BCUT2D eigenvalue weighted by atomic mass is 9.97. The largest absolute Gasteiger partial charge is 0.237 e. The number of halogens is 3. The highest BCUT2D eigenvalue weighted by atomic mass is 35.5. The Labute approximate surface area is 127 Å². The normalized spacial score (nSPS) is 14.2. The van der Waals surface area contributed by atoms with Gasteiger partial charge in [0, 0.05) is 17.7 Å². The van der Waals surface area contributed by atoms with Gasteiger partial charge in [0.2, 0.25) is 0 Å². The number of aryl methyl sites for hydroxylation is 1. The van der Waals surface area contributed by atoms with Crippen LogP contribution in [0.1, 0.15) is 35.5 Å². The average Bonchev–Trinajstić information content (AvgIpc) is 2.44. The fourth-order valence-electron chi connectivity index (χ4n) is 2.53. The fraction of sp³-hybridized carbons (Fsp3) is 0.333. The summed E-state index contributed by atoms with van der Waals surface area (Å²) >= 11 is 12.0. The van der Waals surface area contributed by atoms with E-state index in [1.165, 1.54) is 6.07 Å². The molecule has 1 aromatic carbocycles. The summed E-state index contributed by atoms with van der Waals surface area (Å²) in [5, 5.41) is 0.624. The molecule has 0 aliphatic heterocycles. The van der Waals surface area contributed by atoms with Crippen LogP contribution in [-0.4, -0.2) is 9.97 Å². The molecular formula is C15H13Cl2FN2. The van der Waals surface area contributed by atoms with Crippen molar-refractivity contribution >= 4 is 23.2 Å². The van der Waals surface area contributed by atoms with E-state index in [0.29, 0.717) is 23.0 Å². The van der Waals surface area contributed by atoms with Crippen LogP contribution in [0.2, 0.25) is 10.2 Å². The molecular weight excluding hydrogens is 298 g/mol. The van der Waals surface area contributed by atoms with Crippen molar-refractivity contribution in [3.8, 4) is 0 Å². The molecule has 1 heterocycles. The molecule has 0 saturated heterocycles. The van der Waals surface area contributed by atoms with Gasteiger partial charge < -0.3 is 0 Å². The first-order valence-corrected chi connectivity index (χ1v) is 7.38. The number of hydrogen-bond donors (Lipinski definition) is 0. The highest BCUT2D eigenvalue weighted by Crippen LogP contribution is 2.26. The Balaban J connectivity index is 1.95. The van der Waals surface area contributed by atoms with Gasteiger partial charge in [-0.3, -0.25) is 0 Å². The zero-order valence-electron chi connectivity index (χ0n) is 10.8. The second-order valence-corrected chi connectivity index (χ2v) is 5.72. The van der Waals surface area contributed by atoms with Gasteiger partial charge in [-0.2, -0.15) is 0 Å². The summed E-state index contributed by atoms with van der Waals surface area (Å²) in [5.41, 5.74) is 2.55. The summed E-state index contributed by atoms with van der Waals surface area (Å²) in [6, 6.07) is 4.94. The molecule has 0 atom stereocenters. The van der Waals surface area contributed by atoms with Crippen LogP contribution < -0.4 is 0 Å². The topological polar surface area (TPSA) is 25.8 Å². The minimum absolute atomic E-state index is 0.117. The first-order chi connectivity index (χ1) is 9.65. The van der Waals surface area contributed by atoms with Crippen LogP contribution in [0.3, 0.4) is 0 Å². The fourth-order valence-corrected chi connectivity index (χ4v) is 3.03. The van der Waals surface area contributed by atoms with Crippen LogP contribution in [0.15, 0.2) is 18.2 Å². The molecule has 0 fully saturated rings. The molecule has 0 unspecified atom stereocenters. The molecule has 0 saturated carbocycles. The summed E-state index contributed by atoms with van der Waals surface area (Å²) < 4.78 is 13.9. The van der Waals surface area contributed by atoms with E-state index < -0.39 is 5.82 Å². The monoisotopic (exact) mass is 310 g/mol. The summed E-state index contributed by atoms with van der Waals surface area (Å²) in [5.74, 6) is 0.142. The van der Waals surface area contributed by atoms with Crippen LogP contribution in [0.4, 0.5) is 4.39 Å². The van der Waals surface area contributed by atoms with E-state index in [-0.39, 0.29) is 5.02 Å². The van der Waals surface area contributed by atoms with Crippen molar-refractivity contribution in [1.82, 2.24) is 9.97 Å². The van der Waals surface area contributed by atoms with Crippen molar-refractivity contribution in [2.45, 2.75) is 32.1 Å². The van der Waals surface area contributed by atoms with Crippen molar-refractivity contribution in [2.24, 2.45) is 0 Å². The average molecular weight is 311 g/mol. The second-order valence-electron chi connectivity index (χ2n) is 4.95. The molecule has 20 heavy (non-hydrogen) atoms. The van der Waals surface area contributed by atoms with E-state index in [2.05, 4.69) is 9.97 Å². The Morgan fingerprint density at radius 3 is 2.75 bits per heavy atom. The maximum absolute atomic E-state index is 13.9. The van der Waals surface area contributed by atoms with E-state index >= 15 is 0 Å². The summed E-state index contributed by atoms with van der Waals surface area (Å²) in [6.07, 6.45) is 4.39. The van der Waals surface area contributed by atoms with E-state index in [1.54, 1.807) is 12.1 Å². The lowest BCUT2D eigenvalue weighted by Gasteiger charge is -2.16. The van der Waals surface area contributed by atoms with Gasteiger partial charge in [-0.1, -0.05) is 35.3 Å². The molecule has 104 valence electrons. The Hall–Kier alpha value is -1.19. The van der Waals surface area contributed by atoms with Crippen molar-refractivity contribution in [1.29, 1.82) is 0 Å². The maximum Gasteiger partial charge on any atom is 0.145 e. The van der Waals surface area contributed by atoms with Gasteiger partial charge in [0.1, 0.15) is 16.8 Å². The van der Waals surface area contributed by atoms with Gasteiger partial charge in [0.25, 0.3) is 0 Å². The third kappa shape index (κ3) is 2.65. The van der Waals surface area contributed by atoms with Gasteiger partial charge >= 0.3 is 0 Å². The molecule has 0 amide bonds. The van der Waals surface area contributed by atoms with Crippen LogP contribution in [0, 0.1) is 5.82 Å². The zero-order valence-corrected chi connectivity index (χ0v) is 12.3. The van der Waals surface area contributed by atoms with Crippen LogP contribution >= 0.6 is 23.2 Å². The third-order valence-electron chi connectivity index (χ3n) is 3.56. The minimum atomic E-state index is -0.411. The Bertz CT molecular complexity index is 659. The molecule has 0 spiro atoms. The van der Waals surface area contributed by atoms with Gasteiger partial charge in [-0.15, -0.1) is 0 Å². The lowest BCUT2D eigenvalue weighted by molar-refractivity contribution is 0.610. The van der Waals surface area contributed by atoms with Crippen LogP contribution in [0.5, 0.6) is 0 Å². The molecule has 0 radical (unpaired) electrons. The Morgan fingerprint density at radius 1 is 1.10 bits per heavy atom. The van der Waals surface area contributed by atoms with Crippen LogP contribution in [-0.2, 0) is 19.3 Å². The standard InChI is InChI=1S/C15H13Cl2FN2/c16-11-6-3-4-9(14(11)18)8-13-19-12-7-2-1-5-10(12)15(17)20-13/h3-4,6H,1-2,5,7-8H2. The minimum Gasteiger partial charge on any atom is -0.237 e.